The minimum absolute atomic E-state index is 0.225. The lowest BCUT2D eigenvalue weighted by Crippen LogP contribution is -2.20. The van der Waals surface area contributed by atoms with Crippen molar-refractivity contribution in [2.45, 2.75) is 66.8 Å². The van der Waals surface area contributed by atoms with Gasteiger partial charge in [0.05, 0.1) is 15.9 Å². The molecule has 0 amide bonds. The van der Waals surface area contributed by atoms with Crippen LogP contribution in [0.1, 0.15) is 58.8 Å². The first-order chi connectivity index (χ1) is 8.81. The Bertz CT molecular complexity index is 444. The molecule has 0 bridgehead atoms. The second-order valence-corrected chi connectivity index (χ2v) is 6.70. The van der Waals surface area contributed by atoms with E-state index in [2.05, 4.69) is 34.9 Å². The molecule has 4 heteroatoms. The summed E-state index contributed by atoms with van der Waals surface area (Å²) in [6.07, 6.45) is 3.38. The SMILES string of the molecule is CCc1nn(CC)c(CCCC(=O)C(C)(C)C)c1Br. The monoisotopic (exact) mass is 328 g/mol. The van der Waals surface area contributed by atoms with Crippen LogP contribution in [0.15, 0.2) is 4.47 Å². The molecule has 1 aromatic heterocycles. The fourth-order valence-electron chi connectivity index (χ4n) is 2.05. The summed E-state index contributed by atoms with van der Waals surface area (Å²) in [6, 6.07) is 0. The zero-order valence-corrected chi connectivity index (χ0v) is 14.3. The highest BCUT2D eigenvalue weighted by Crippen LogP contribution is 2.25. The van der Waals surface area contributed by atoms with Crippen molar-refractivity contribution in [2.24, 2.45) is 5.41 Å². The normalized spacial score (nSPS) is 11.9. The minimum atomic E-state index is -0.225. The summed E-state index contributed by atoms with van der Waals surface area (Å²) < 4.78 is 3.17. The summed E-state index contributed by atoms with van der Waals surface area (Å²) in [5.74, 6) is 0.335. The van der Waals surface area contributed by atoms with E-state index in [1.54, 1.807) is 0 Å². The fourth-order valence-corrected chi connectivity index (χ4v) is 2.81. The highest BCUT2D eigenvalue weighted by molar-refractivity contribution is 9.10. The summed E-state index contributed by atoms with van der Waals surface area (Å²) >= 11 is 3.64. The first-order valence-corrected chi connectivity index (χ1v) is 7.87. The molecule has 0 unspecified atom stereocenters. The molecule has 0 aliphatic rings. The van der Waals surface area contributed by atoms with Gasteiger partial charge in [-0.3, -0.25) is 9.48 Å². The van der Waals surface area contributed by atoms with Gasteiger partial charge in [-0.1, -0.05) is 27.7 Å². The Morgan fingerprint density at radius 1 is 1.32 bits per heavy atom. The van der Waals surface area contributed by atoms with Gasteiger partial charge in [0.25, 0.3) is 0 Å². The van der Waals surface area contributed by atoms with Crippen LogP contribution in [0.5, 0.6) is 0 Å². The van der Waals surface area contributed by atoms with Gasteiger partial charge in [-0.05, 0) is 42.1 Å². The number of aryl methyl sites for hydroxylation is 2. The number of ketones is 1. The molecule has 0 saturated carbocycles. The van der Waals surface area contributed by atoms with Crippen LogP contribution in [0.3, 0.4) is 0 Å². The number of Topliss-reactive ketones (excluding diaryl/α,β-unsaturated/α-hetero) is 1. The van der Waals surface area contributed by atoms with Crippen LogP contribution in [0, 0.1) is 5.41 Å². The molecule has 1 rings (SSSR count). The third-order valence-electron chi connectivity index (χ3n) is 3.35. The average molecular weight is 329 g/mol. The van der Waals surface area contributed by atoms with E-state index in [9.17, 15) is 4.79 Å². The third kappa shape index (κ3) is 4.16. The highest BCUT2D eigenvalue weighted by atomic mass is 79.9. The highest BCUT2D eigenvalue weighted by Gasteiger charge is 2.21. The van der Waals surface area contributed by atoms with Gasteiger partial charge in [-0.25, -0.2) is 0 Å². The average Bonchev–Trinajstić information content (AvgIpc) is 2.64. The first-order valence-electron chi connectivity index (χ1n) is 7.08. The van der Waals surface area contributed by atoms with Crippen molar-refractivity contribution in [2.75, 3.05) is 0 Å². The number of carbonyl (C=O) groups is 1. The number of hydrogen-bond acceptors (Lipinski definition) is 2. The zero-order chi connectivity index (χ0) is 14.6. The Balaban J connectivity index is 2.68. The van der Waals surface area contributed by atoms with Crippen LogP contribution in [0.25, 0.3) is 0 Å². The lowest BCUT2D eigenvalue weighted by Gasteiger charge is -2.16. The number of nitrogens with zero attached hydrogens (tertiary/aromatic N) is 2. The van der Waals surface area contributed by atoms with Crippen molar-refractivity contribution in [3.63, 3.8) is 0 Å². The van der Waals surface area contributed by atoms with E-state index in [1.165, 1.54) is 5.69 Å². The zero-order valence-electron chi connectivity index (χ0n) is 12.7. The summed E-state index contributed by atoms with van der Waals surface area (Å²) in [5, 5.41) is 4.58. The maximum absolute atomic E-state index is 11.9. The van der Waals surface area contributed by atoms with E-state index in [0.29, 0.717) is 12.2 Å². The van der Waals surface area contributed by atoms with Crippen LogP contribution in [-0.4, -0.2) is 15.6 Å². The molecule has 108 valence electrons. The molecule has 0 radical (unpaired) electrons. The molecule has 1 heterocycles. The molecule has 3 nitrogen and oxygen atoms in total. The summed E-state index contributed by atoms with van der Waals surface area (Å²) in [5.41, 5.74) is 2.11. The van der Waals surface area contributed by atoms with E-state index in [-0.39, 0.29) is 5.41 Å². The van der Waals surface area contributed by atoms with Crippen LogP contribution in [-0.2, 0) is 24.2 Å². The Hall–Kier alpha value is -0.640. The van der Waals surface area contributed by atoms with Crippen LogP contribution >= 0.6 is 15.9 Å². The summed E-state index contributed by atoms with van der Waals surface area (Å²) in [4.78, 5) is 11.9. The van der Waals surface area contributed by atoms with Crippen molar-refractivity contribution in [1.29, 1.82) is 0 Å². The van der Waals surface area contributed by atoms with E-state index in [4.69, 9.17) is 0 Å². The number of rotatable bonds is 6. The maximum atomic E-state index is 11.9. The number of aromatic nitrogens is 2. The fraction of sp³-hybridized carbons (Fsp3) is 0.733. The topological polar surface area (TPSA) is 34.9 Å². The van der Waals surface area contributed by atoms with Crippen molar-refractivity contribution < 1.29 is 4.79 Å². The quantitative estimate of drug-likeness (QED) is 0.785. The van der Waals surface area contributed by atoms with Gasteiger partial charge in [0.2, 0.25) is 0 Å². The van der Waals surface area contributed by atoms with Gasteiger partial charge in [0, 0.05) is 18.4 Å². The maximum Gasteiger partial charge on any atom is 0.138 e. The van der Waals surface area contributed by atoms with E-state index >= 15 is 0 Å². The molecule has 0 N–H and O–H groups in total. The lowest BCUT2D eigenvalue weighted by molar-refractivity contribution is -0.126. The van der Waals surface area contributed by atoms with Crippen LogP contribution < -0.4 is 0 Å². The molecular weight excluding hydrogens is 304 g/mol. The Kier molecular flexibility index (Phi) is 5.78. The molecule has 1 aromatic rings. The Morgan fingerprint density at radius 2 is 1.95 bits per heavy atom. The van der Waals surface area contributed by atoms with Crippen molar-refractivity contribution >= 4 is 21.7 Å². The lowest BCUT2D eigenvalue weighted by atomic mass is 9.88. The first kappa shape index (κ1) is 16.4. The standard InChI is InChI=1S/C15H25BrN2O/c1-6-11-14(16)12(18(7-2)17-11)9-8-10-13(19)15(3,4)5/h6-10H2,1-5H3. The van der Waals surface area contributed by atoms with E-state index in [0.717, 1.165) is 36.0 Å². The smallest absolute Gasteiger partial charge is 0.138 e. The van der Waals surface area contributed by atoms with Crippen molar-refractivity contribution in [3.8, 4) is 0 Å². The van der Waals surface area contributed by atoms with Gasteiger partial charge in [0.1, 0.15) is 5.78 Å². The molecule has 0 saturated heterocycles. The van der Waals surface area contributed by atoms with Gasteiger partial charge < -0.3 is 0 Å². The van der Waals surface area contributed by atoms with Gasteiger partial charge >= 0.3 is 0 Å². The van der Waals surface area contributed by atoms with E-state index in [1.807, 2.05) is 25.5 Å². The molecule has 0 atom stereocenters. The number of halogens is 1. The number of hydrogen-bond donors (Lipinski definition) is 0. The van der Waals surface area contributed by atoms with Gasteiger partial charge in [0.15, 0.2) is 0 Å². The predicted molar refractivity (Wildman–Crippen MR) is 82.4 cm³/mol. The van der Waals surface area contributed by atoms with Crippen LogP contribution in [0.2, 0.25) is 0 Å². The molecule has 0 aliphatic carbocycles. The third-order valence-corrected chi connectivity index (χ3v) is 4.26. The van der Waals surface area contributed by atoms with E-state index < -0.39 is 0 Å². The van der Waals surface area contributed by atoms with Gasteiger partial charge in [-0.15, -0.1) is 0 Å². The molecule has 0 fully saturated rings. The molecule has 0 spiro atoms. The molecule has 0 aromatic carbocycles. The summed E-state index contributed by atoms with van der Waals surface area (Å²) in [7, 11) is 0. The molecule has 19 heavy (non-hydrogen) atoms. The molecular formula is C15H25BrN2O. The number of carbonyl (C=O) groups excluding carboxylic acids is 1. The predicted octanol–water partition coefficient (Wildman–Crippen LogP) is 4.17. The Labute approximate surface area is 124 Å². The Morgan fingerprint density at radius 3 is 2.42 bits per heavy atom. The van der Waals surface area contributed by atoms with Gasteiger partial charge in [-0.2, -0.15) is 5.10 Å². The second-order valence-electron chi connectivity index (χ2n) is 5.90. The summed E-state index contributed by atoms with van der Waals surface area (Å²) in [6.45, 7) is 11.0. The minimum Gasteiger partial charge on any atom is -0.299 e. The van der Waals surface area contributed by atoms with Crippen molar-refractivity contribution in [3.05, 3.63) is 15.9 Å². The second kappa shape index (κ2) is 6.69. The van der Waals surface area contributed by atoms with Crippen molar-refractivity contribution in [1.82, 2.24) is 9.78 Å². The largest absolute Gasteiger partial charge is 0.299 e. The van der Waals surface area contributed by atoms with Crippen LogP contribution in [0.4, 0.5) is 0 Å². The molecule has 0 aliphatic heterocycles.